The van der Waals surface area contributed by atoms with Crippen LogP contribution in [0.25, 0.3) is 11.0 Å². The van der Waals surface area contributed by atoms with Crippen molar-refractivity contribution in [1.82, 2.24) is 9.13 Å². The Kier molecular flexibility index (Phi) is 5.52. The molecule has 3 aromatic carbocycles. The van der Waals surface area contributed by atoms with Gasteiger partial charge in [0, 0.05) is 30.9 Å². The number of nitrogens with zero attached hydrogens (tertiary/aromatic N) is 3. The summed E-state index contributed by atoms with van der Waals surface area (Å²) in [7, 11) is -0.947. The van der Waals surface area contributed by atoms with Gasteiger partial charge in [0.2, 0.25) is 5.78 Å². The number of fused-ring (bicyclic) bond motifs is 2. The first-order valence-corrected chi connectivity index (χ1v) is 12.7. The van der Waals surface area contributed by atoms with E-state index in [1.807, 2.05) is 32.0 Å². The lowest BCUT2D eigenvalue weighted by molar-refractivity contribution is 0.103. The van der Waals surface area contributed by atoms with Gasteiger partial charge in [0.15, 0.2) is 0 Å². The fourth-order valence-electron chi connectivity index (χ4n) is 4.34. The van der Waals surface area contributed by atoms with Gasteiger partial charge in [-0.25, -0.2) is 4.79 Å². The van der Waals surface area contributed by atoms with Crippen LogP contribution in [0.2, 0.25) is 0 Å². The van der Waals surface area contributed by atoms with E-state index in [9.17, 15) is 18.0 Å². The van der Waals surface area contributed by atoms with Crippen LogP contribution < -0.4 is 11.0 Å². The molecule has 0 atom stereocenters. The van der Waals surface area contributed by atoms with Crippen LogP contribution in [0.4, 0.5) is 5.69 Å². The predicted molar refractivity (Wildman–Crippen MR) is 140 cm³/mol. The SMILES string of the molecule is Cc1ccc(C)c(NC2=CC(=NS(=O)(=O)c3ccc4c(c3)n(C)c(=O)n4C)c3ccccc3C2=O)c1. The Bertz CT molecular complexity index is 1810. The number of anilines is 1. The van der Waals surface area contributed by atoms with E-state index in [4.69, 9.17) is 0 Å². The number of allylic oxidation sites excluding steroid dienone is 2. The molecule has 0 saturated carbocycles. The van der Waals surface area contributed by atoms with Gasteiger partial charge in [-0.2, -0.15) is 12.8 Å². The molecule has 0 bridgehead atoms. The molecule has 1 N–H and O–H groups in total. The number of aryl methyl sites for hydroxylation is 4. The second kappa shape index (κ2) is 8.46. The summed E-state index contributed by atoms with van der Waals surface area (Å²) in [5, 5.41) is 3.17. The van der Waals surface area contributed by atoms with Crippen molar-refractivity contribution in [1.29, 1.82) is 0 Å². The summed E-state index contributed by atoms with van der Waals surface area (Å²) in [4.78, 5) is 25.5. The summed E-state index contributed by atoms with van der Waals surface area (Å²) >= 11 is 0. The van der Waals surface area contributed by atoms with E-state index in [1.54, 1.807) is 44.4 Å². The van der Waals surface area contributed by atoms with Crippen LogP contribution in [0.3, 0.4) is 0 Å². The quantitative estimate of drug-likeness (QED) is 0.458. The number of imidazole rings is 1. The Morgan fingerprint density at radius 2 is 1.53 bits per heavy atom. The summed E-state index contributed by atoms with van der Waals surface area (Å²) in [5.41, 5.74) is 4.75. The fourth-order valence-corrected chi connectivity index (χ4v) is 5.36. The van der Waals surface area contributed by atoms with E-state index in [-0.39, 0.29) is 27.8 Å². The standard InChI is InChI=1S/C27H24N4O4S/c1-16-9-10-17(2)21(13-16)28-23-15-22(19-7-5-6-8-20(19)26(23)32)29-36(34,35)18-11-12-24-25(14-18)31(4)27(33)30(24)3/h5-15,28H,1-4H3. The normalized spacial score (nSPS) is 14.7. The first-order chi connectivity index (χ1) is 17.1. The van der Waals surface area contributed by atoms with Crippen LogP contribution >= 0.6 is 0 Å². The van der Waals surface area contributed by atoms with E-state index in [0.717, 1.165) is 16.8 Å². The molecule has 0 spiro atoms. The van der Waals surface area contributed by atoms with Crippen molar-refractivity contribution in [3.63, 3.8) is 0 Å². The Morgan fingerprint density at radius 1 is 0.833 bits per heavy atom. The molecule has 36 heavy (non-hydrogen) atoms. The molecule has 0 amide bonds. The minimum atomic E-state index is -4.16. The van der Waals surface area contributed by atoms with Gasteiger partial charge < -0.3 is 5.32 Å². The molecule has 9 heteroatoms. The summed E-state index contributed by atoms with van der Waals surface area (Å²) in [5.74, 6) is -0.247. The number of carbonyl (C=O) groups is 1. The largest absolute Gasteiger partial charge is 0.352 e. The van der Waals surface area contributed by atoms with Crippen molar-refractivity contribution in [3.8, 4) is 0 Å². The zero-order valence-electron chi connectivity index (χ0n) is 20.2. The van der Waals surface area contributed by atoms with Crippen LogP contribution in [0, 0.1) is 13.8 Å². The smallest absolute Gasteiger partial charge is 0.328 e. The lowest BCUT2D eigenvalue weighted by atomic mass is 9.92. The van der Waals surface area contributed by atoms with Crippen LogP contribution in [-0.4, -0.2) is 29.0 Å². The zero-order valence-corrected chi connectivity index (χ0v) is 21.1. The second-order valence-electron chi connectivity index (χ2n) is 8.88. The number of hydrogen-bond acceptors (Lipinski definition) is 5. The number of hydrogen-bond donors (Lipinski definition) is 1. The van der Waals surface area contributed by atoms with Gasteiger partial charge in [0.25, 0.3) is 10.0 Å². The number of sulfonamides is 1. The molecule has 0 aliphatic heterocycles. The van der Waals surface area contributed by atoms with Gasteiger partial charge in [-0.1, -0.05) is 36.4 Å². The molecule has 4 aromatic rings. The van der Waals surface area contributed by atoms with Crippen LogP contribution in [-0.2, 0) is 24.1 Å². The summed E-state index contributed by atoms with van der Waals surface area (Å²) in [6.07, 6.45) is 1.47. The van der Waals surface area contributed by atoms with Crippen molar-refractivity contribution in [3.05, 3.63) is 105 Å². The Labute approximate surface area is 208 Å². The van der Waals surface area contributed by atoms with Crippen LogP contribution in [0.5, 0.6) is 0 Å². The highest BCUT2D eigenvalue weighted by Gasteiger charge is 2.27. The molecule has 0 unspecified atom stereocenters. The van der Waals surface area contributed by atoms with Gasteiger partial charge in [-0.05, 0) is 55.3 Å². The average Bonchev–Trinajstić information content (AvgIpc) is 3.07. The molecule has 1 heterocycles. The molecule has 0 fully saturated rings. The third kappa shape index (κ3) is 3.87. The average molecular weight is 501 g/mol. The lowest BCUT2D eigenvalue weighted by Crippen LogP contribution is -2.23. The number of Topliss-reactive ketones (excluding diaryl/α,β-unsaturated/α-hetero) is 1. The first kappa shape index (κ1) is 23.5. The molecule has 1 aliphatic rings. The number of nitrogens with one attached hydrogen (secondary N) is 1. The molecule has 8 nitrogen and oxygen atoms in total. The van der Waals surface area contributed by atoms with Crippen molar-refractivity contribution in [2.45, 2.75) is 18.7 Å². The molecule has 0 radical (unpaired) electrons. The second-order valence-corrected chi connectivity index (χ2v) is 10.5. The minimum Gasteiger partial charge on any atom is -0.352 e. The number of benzene rings is 3. The summed E-state index contributed by atoms with van der Waals surface area (Å²) < 4.78 is 33.8. The maximum atomic E-state index is 13.4. The molecule has 5 rings (SSSR count). The van der Waals surface area contributed by atoms with Gasteiger partial charge in [-0.15, -0.1) is 0 Å². The third-order valence-corrected chi connectivity index (χ3v) is 7.68. The van der Waals surface area contributed by atoms with E-state index in [1.165, 1.54) is 27.3 Å². The van der Waals surface area contributed by atoms with Gasteiger partial charge in [-0.3, -0.25) is 13.9 Å². The monoisotopic (exact) mass is 500 g/mol. The van der Waals surface area contributed by atoms with Crippen LogP contribution in [0.1, 0.15) is 27.0 Å². The van der Waals surface area contributed by atoms with Gasteiger partial charge in [0.1, 0.15) is 0 Å². The number of rotatable bonds is 4. The fraction of sp³-hybridized carbons (Fsp3) is 0.148. The topological polar surface area (TPSA) is 103 Å². The predicted octanol–water partition coefficient (Wildman–Crippen LogP) is 3.86. The van der Waals surface area contributed by atoms with E-state index < -0.39 is 10.0 Å². The van der Waals surface area contributed by atoms with Crippen molar-refractivity contribution in [2.75, 3.05) is 5.32 Å². The van der Waals surface area contributed by atoms with Crippen molar-refractivity contribution in [2.24, 2.45) is 18.5 Å². The van der Waals surface area contributed by atoms with Crippen LogP contribution in [0.15, 0.2) is 86.5 Å². The van der Waals surface area contributed by atoms with Crippen molar-refractivity contribution >= 4 is 38.2 Å². The number of ketones is 1. The Balaban J connectivity index is 1.64. The molecule has 0 saturated heterocycles. The maximum absolute atomic E-state index is 13.4. The molecular weight excluding hydrogens is 476 g/mol. The Hall–Kier alpha value is -4.24. The third-order valence-electron chi connectivity index (χ3n) is 6.40. The van der Waals surface area contributed by atoms with E-state index in [0.29, 0.717) is 22.2 Å². The van der Waals surface area contributed by atoms with E-state index in [2.05, 4.69) is 9.71 Å². The zero-order chi connectivity index (χ0) is 25.8. The first-order valence-electron chi connectivity index (χ1n) is 11.3. The molecule has 1 aliphatic carbocycles. The molecular formula is C27H24N4O4S. The number of aromatic nitrogens is 2. The van der Waals surface area contributed by atoms with Gasteiger partial charge >= 0.3 is 5.69 Å². The Morgan fingerprint density at radius 3 is 2.28 bits per heavy atom. The maximum Gasteiger partial charge on any atom is 0.328 e. The molecule has 182 valence electrons. The lowest BCUT2D eigenvalue weighted by Gasteiger charge is -2.20. The summed E-state index contributed by atoms with van der Waals surface area (Å²) in [6, 6.07) is 17.1. The van der Waals surface area contributed by atoms with Gasteiger partial charge in [0.05, 0.1) is 27.3 Å². The highest BCUT2D eigenvalue weighted by atomic mass is 32.2. The highest BCUT2D eigenvalue weighted by Crippen LogP contribution is 2.27. The summed E-state index contributed by atoms with van der Waals surface area (Å²) in [6.45, 7) is 3.88. The number of carbonyl (C=O) groups excluding carboxylic acids is 1. The van der Waals surface area contributed by atoms with E-state index >= 15 is 0 Å². The highest BCUT2D eigenvalue weighted by molar-refractivity contribution is 7.90. The minimum absolute atomic E-state index is 0.0458. The van der Waals surface area contributed by atoms with Crippen molar-refractivity contribution < 1.29 is 13.2 Å². The molecule has 1 aromatic heterocycles.